The van der Waals surface area contributed by atoms with E-state index in [-0.39, 0.29) is 5.91 Å². The van der Waals surface area contributed by atoms with Crippen LogP contribution in [0, 0.1) is 11.3 Å². The SMILES string of the molecule is CC(=O)Nc1ccc2[nH]c(N)c(C#N)c2c1. The maximum absolute atomic E-state index is 10.9. The summed E-state index contributed by atoms with van der Waals surface area (Å²) in [5.74, 6) is 0.193. The first-order chi connectivity index (χ1) is 7.61. The lowest BCUT2D eigenvalue weighted by molar-refractivity contribution is -0.114. The Morgan fingerprint density at radius 2 is 2.31 bits per heavy atom. The minimum atomic E-state index is -0.152. The van der Waals surface area contributed by atoms with Crippen LogP contribution in [0.3, 0.4) is 0 Å². The smallest absolute Gasteiger partial charge is 0.221 e. The maximum Gasteiger partial charge on any atom is 0.221 e. The topological polar surface area (TPSA) is 94.7 Å². The van der Waals surface area contributed by atoms with Crippen LogP contribution >= 0.6 is 0 Å². The molecular formula is C11H10N4O. The van der Waals surface area contributed by atoms with Crippen molar-refractivity contribution in [2.45, 2.75) is 6.92 Å². The Bertz CT molecular complexity index is 606. The molecule has 0 aliphatic heterocycles. The standard InChI is InChI=1S/C11H10N4O/c1-6(16)14-7-2-3-10-8(4-7)9(5-12)11(13)15-10/h2-4,15H,13H2,1H3,(H,14,16). The second kappa shape index (κ2) is 3.59. The number of benzene rings is 1. The van der Waals surface area contributed by atoms with E-state index < -0.39 is 0 Å². The molecule has 0 fully saturated rings. The van der Waals surface area contributed by atoms with E-state index in [4.69, 9.17) is 11.0 Å². The molecule has 0 atom stereocenters. The number of hydrogen-bond donors (Lipinski definition) is 3. The molecule has 16 heavy (non-hydrogen) atoms. The average molecular weight is 214 g/mol. The molecular weight excluding hydrogens is 204 g/mol. The fourth-order valence-corrected chi connectivity index (χ4v) is 1.61. The second-order valence-corrected chi connectivity index (χ2v) is 3.47. The highest BCUT2D eigenvalue weighted by Crippen LogP contribution is 2.26. The van der Waals surface area contributed by atoms with Gasteiger partial charge in [-0.2, -0.15) is 5.26 Å². The number of nitrogens with two attached hydrogens (primary N) is 1. The Hall–Kier alpha value is -2.48. The number of anilines is 2. The van der Waals surface area contributed by atoms with Crippen molar-refractivity contribution in [3.63, 3.8) is 0 Å². The summed E-state index contributed by atoms with van der Waals surface area (Å²) in [5, 5.41) is 12.3. The molecule has 0 saturated heterocycles. The minimum Gasteiger partial charge on any atom is -0.384 e. The Labute approximate surface area is 91.9 Å². The van der Waals surface area contributed by atoms with Crippen LogP contribution in [-0.4, -0.2) is 10.9 Å². The number of carbonyl (C=O) groups excluding carboxylic acids is 1. The van der Waals surface area contributed by atoms with Gasteiger partial charge in [-0.3, -0.25) is 4.79 Å². The number of aromatic nitrogens is 1. The van der Waals surface area contributed by atoms with Gasteiger partial charge in [0, 0.05) is 23.5 Å². The van der Waals surface area contributed by atoms with Gasteiger partial charge < -0.3 is 16.0 Å². The molecule has 2 aromatic rings. The van der Waals surface area contributed by atoms with Crippen molar-refractivity contribution in [1.82, 2.24) is 4.98 Å². The molecule has 1 heterocycles. The van der Waals surface area contributed by atoms with E-state index >= 15 is 0 Å². The number of rotatable bonds is 1. The molecule has 0 saturated carbocycles. The van der Waals surface area contributed by atoms with Crippen LogP contribution in [0.15, 0.2) is 18.2 Å². The Balaban J connectivity index is 2.60. The fraction of sp³-hybridized carbons (Fsp3) is 0.0909. The third kappa shape index (κ3) is 1.57. The second-order valence-electron chi connectivity index (χ2n) is 3.47. The predicted molar refractivity (Wildman–Crippen MR) is 61.7 cm³/mol. The van der Waals surface area contributed by atoms with Crippen molar-refractivity contribution in [2.75, 3.05) is 11.1 Å². The summed E-state index contributed by atoms with van der Waals surface area (Å²) < 4.78 is 0. The van der Waals surface area contributed by atoms with E-state index in [1.807, 2.05) is 6.07 Å². The number of fused-ring (bicyclic) bond motifs is 1. The molecule has 1 aromatic carbocycles. The Kier molecular flexibility index (Phi) is 2.25. The van der Waals surface area contributed by atoms with Crippen LogP contribution in [0.25, 0.3) is 10.9 Å². The van der Waals surface area contributed by atoms with Crippen molar-refractivity contribution in [3.05, 3.63) is 23.8 Å². The third-order valence-corrected chi connectivity index (χ3v) is 2.26. The molecule has 0 bridgehead atoms. The zero-order valence-electron chi connectivity index (χ0n) is 8.66. The predicted octanol–water partition coefficient (Wildman–Crippen LogP) is 1.58. The van der Waals surface area contributed by atoms with E-state index in [1.54, 1.807) is 18.2 Å². The number of nitrogens with zero attached hydrogens (tertiary/aromatic N) is 1. The number of hydrogen-bond acceptors (Lipinski definition) is 3. The van der Waals surface area contributed by atoms with Crippen molar-refractivity contribution < 1.29 is 4.79 Å². The number of nitrogens with one attached hydrogen (secondary N) is 2. The first-order valence-electron chi connectivity index (χ1n) is 4.70. The zero-order valence-corrected chi connectivity index (χ0v) is 8.66. The van der Waals surface area contributed by atoms with Gasteiger partial charge in [0.1, 0.15) is 17.5 Å². The van der Waals surface area contributed by atoms with Crippen molar-refractivity contribution in [1.29, 1.82) is 5.26 Å². The summed E-state index contributed by atoms with van der Waals surface area (Å²) in [5.41, 5.74) is 7.48. The Morgan fingerprint density at radius 1 is 1.56 bits per heavy atom. The molecule has 5 heteroatoms. The first kappa shape index (κ1) is 10.1. The largest absolute Gasteiger partial charge is 0.384 e. The quantitative estimate of drug-likeness (QED) is 0.672. The molecule has 0 aliphatic carbocycles. The number of aromatic amines is 1. The number of carbonyl (C=O) groups is 1. The van der Waals surface area contributed by atoms with Crippen molar-refractivity contribution in [3.8, 4) is 6.07 Å². The Morgan fingerprint density at radius 3 is 2.94 bits per heavy atom. The number of H-pyrrole nitrogens is 1. The molecule has 0 spiro atoms. The van der Waals surface area contributed by atoms with Gasteiger partial charge >= 0.3 is 0 Å². The molecule has 0 radical (unpaired) electrons. The normalized spacial score (nSPS) is 10.0. The van der Waals surface area contributed by atoms with Crippen LogP contribution in [0.4, 0.5) is 11.5 Å². The fourth-order valence-electron chi connectivity index (χ4n) is 1.61. The van der Waals surface area contributed by atoms with Crippen LogP contribution in [0.5, 0.6) is 0 Å². The van der Waals surface area contributed by atoms with Gasteiger partial charge in [0.25, 0.3) is 0 Å². The maximum atomic E-state index is 10.9. The first-order valence-corrected chi connectivity index (χ1v) is 4.70. The monoisotopic (exact) mass is 214 g/mol. The van der Waals surface area contributed by atoms with Crippen LogP contribution in [0.2, 0.25) is 0 Å². The summed E-state index contributed by atoms with van der Waals surface area (Å²) in [7, 11) is 0. The number of nitrogen functional groups attached to an aromatic ring is 1. The highest BCUT2D eigenvalue weighted by molar-refractivity contribution is 5.96. The van der Waals surface area contributed by atoms with Gasteiger partial charge in [0.15, 0.2) is 0 Å². The van der Waals surface area contributed by atoms with Gasteiger partial charge in [0.2, 0.25) is 5.91 Å². The molecule has 2 rings (SSSR count). The molecule has 0 unspecified atom stereocenters. The average Bonchev–Trinajstić information content (AvgIpc) is 2.52. The van der Waals surface area contributed by atoms with Gasteiger partial charge in [-0.05, 0) is 18.2 Å². The summed E-state index contributed by atoms with van der Waals surface area (Å²) in [4.78, 5) is 13.8. The molecule has 4 N–H and O–H groups in total. The van der Waals surface area contributed by atoms with Crippen LogP contribution < -0.4 is 11.1 Å². The lowest BCUT2D eigenvalue weighted by Gasteiger charge is -2.01. The lowest BCUT2D eigenvalue weighted by Crippen LogP contribution is -2.05. The van der Waals surface area contributed by atoms with Gasteiger partial charge in [-0.1, -0.05) is 0 Å². The van der Waals surface area contributed by atoms with Crippen molar-refractivity contribution in [2.24, 2.45) is 0 Å². The summed E-state index contributed by atoms with van der Waals surface area (Å²) >= 11 is 0. The van der Waals surface area contributed by atoms with E-state index in [1.165, 1.54) is 6.92 Å². The number of amides is 1. The van der Waals surface area contributed by atoms with Crippen molar-refractivity contribution >= 4 is 28.3 Å². The highest BCUT2D eigenvalue weighted by atomic mass is 16.1. The molecule has 0 aliphatic rings. The molecule has 80 valence electrons. The van der Waals surface area contributed by atoms with E-state index in [0.717, 1.165) is 5.52 Å². The van der Waals surface area contributed by atoms with Crippen LogP contribution in [0.1, 0.15) is 12.5 Å². The molecule has 5 nitrogen and oxygen atoms in total. The van der Waals surface area contributed by atoms with Gasteiger partial charge in [-0.25, -0.2) is 0 Å². The van der Waals surface area contributed by atoms with E-state index in [2.05, 4.69) is 10.3 Å². The molecule has 1 amide bonds. The van der Waals surface area contributed by atoms with E-state index in [9.17, 15) is 4.79 Å². The highest BCUT2D eigenvalue weighted by Gasteiger charge is 2.09. The minimum absolute atomic E-state index is 0.152. The van der Waals surface area contributed by atoms with Crippen LogP contribution in [-0.2, 0) is 4.79 Å². The summed E-state index contributed by atoms with van der Waals surface area (Å²) in [6.45, 7) is 1.43. The zero-order chi connectivity index (χ0) is 11.7. The summed E-state index contributed by atoms with van der Waals surface area (Å²) in [6.07, 6.45) is 0. The third-order valence-electron chi connectivity index (χ3n) is 2.26. The lowest BCUT2D eigenvalue weighted by atomic mass is 10.1. The van der Waals surface area contributed by atoms with E-state index in [0.29, 0.717) is 22.5 Å². The number of nitriles is 1. The summed E-state index contributed by atoms with van der Waals surface area (Å²) in [6, 6.07) is 7.28. The molecule has 1 aromatic heterocycles. The van der Waals surface area contributed by atoms with Gasteiger partial charge in [0.05, 0.1) is 0 Å². The van der Waals surface area contributed by atoms with Gasteiger partial charge in [-0.15, -0.1) is 0 Å².